The molecule has 0 fully saturated rings. The number of ether oxygens (including phenoxy) is 3. The molecule has 1 aromatic heterocycles. The molecule has 6 heteroatoms. The van der Waals surface area contributed by atoms with E-state index < -0.39 is 5.97 Å². The van der Waals surface area contributed by atoms with Gasteiger partial charge >= 0.3 is 5.97 Å². The number of hydrogen-bond acceptors (Lipinski definition) is 6. The second kappa shape index (κ2) is 7.50. The molecule has 0 saturated heterocycles. The highest BCUT2D eigenvalue weighted by Gasteiger charge is 2.22. The summed E-state index contributed by atoms with van der Waals surface area (Å²) >= 11 is 1.61. The number of hydrogen-bond donors (Lipinski definition) is 0. The smallest absolute Gasteiger partial charge is 0.339 e. The van der Waals surface area contributed by atoms with Crippen LogP contribution in [-0.4, -0.2) is 31.6 Å². The Balaban J connectivity index is 1.41. The third-order valence-corrected chi connectivity index (χ3v) is 5.77. The Kier molecular flexibility index (Phi) is 4.93. The maximum Gasteiger partial charge on any atom is 0.339 e. The molecule has 1 aliphatic heterocycles. The van der Waals surface area contributed by atoms with E-state index in [4.69, 9.17) is 14.2 Å². The molecule has 2 aliphatic rings. The summed E-state index contributed by atoms with van der Waals surface area (Å²) in [7, 11) is 0. The summed E-state index contributed by atoms with van der Waals surface area (Å²) in [5.41, 5.74) is 2.18. The highest BCUT2D eigenvalue weighted by atomic mass is 32.1. The number of rotatable bonds is 4. The fraction of sp³-hybridized carbons (Fsp3) is 0.400. The van der Waals surface area contributed by atoms with E-state index in [1.807, 2.05) is 5.38 Å². The topological polar surface area (TPSA) is 61.8 Å². The van der Waals surface area contributed by atoms with E-state index >= 15 is 0 Å². The van der Waals surface area contributed by atoms with Gasteiger partial charge in [-0.1, -0.05) is 0 Å². The highest BCUT2D eigenvalue weighted by molar-refractivity contribution is 7.10. The lowest BCUT2D eigenvalue weighted by atomic mass is 9.96. The number of carbonyl (C=O) groups is 2. The van der Waals surface area contributed by atoms with Crippen LogP contribution < -0.4 is 9.47 Å². The van der Waals surface area contributed by atoms with Gasteiger partial charge in [-0.05, 0) is 49.4 Å². The van der Waals surface area contributed by atoms with Gasteiger partial charge in [-0.15, -0.1) is 11.3 Å². The zero-order valence-corrected chi connectivity index (χ0v) is 15.2. The van der Waals surface area contributed by atoms with Crippen molar-refractivity contribution in [2.45, 2.75) is 32.1 Å². The first kappa shape index (κ1) is 17.1. The number of fused-ring (bicyclic) bond motifs is 2. The predicted molar refractivity (Wildman–Crippen MR) is 97.6 cm³/mol. The lowest BCUT2D eigenvalue weighted by Crippen LogP contribution is -2.15. The second-order valence-corrected chi connectivity index (χ2v) is 7.43. The summed E-state index contributed by atoms with van der Waals surface area (Å²) in [4.78, 5) is 26.1. The number of esters is 1. The van der Waals surface area contributed by atoms with Crippen LogP contribution in [0.1, 0.15) is 50.4 Å². The molecule has 0 N–H and O–H groups in total. The highest BCUT2D eigenvalue weighted by Crippen LogP contribution is 2.32. The molecule has 0 unspecified atom stereocenters. The molecule has 2 heterocycles. The van der Waals surface area contributed by atoms with Crippen LogP contribution in [0.2, 0.25) is 0 Å². The first-order valence-corrected chi connectivity index (χ1v) is 9.79. The van der Waals surface area contributed by atoms with Crippen molar-refractivity contribution in [1.82, 2.24) is 0 Å². The van der Waals surface area contributed by atoms with Crippen LogP contribution >= 0.6 is 11.3 Å². The van der Waals surface area contributed by atoms with Crippen molar-refractivity contribution in [3.8, 4) is 11.5 Å². The van der Waals surface area contributed by atoms with Crippen LogP contribution in [0.5, 0.6) is 11.5 Å². The largest absolute Gasteiger partial charge is 0.490 e. The van der Waals surface area contributed by atoms with Crippen LogP contribution in [0, 0.1) is 0 Å². The van der Waals surface area contributed by atoms with Gasteiger partial charge < -0.3 is 14.2 Å². The Morgan fingerprint density at radius 1 is 1.04 bits per heavy atom. The Hall–Kier alpha value is -2.34. The molecule has 5 nitrogen and oxygen atoms in total. The van der Waals surface area contributed by atoms with E-state index in [0.717, 1.165) is 31.2 Å². The van der Waals surface area contributed by atoms with Crippen LogP contribution in [0.3, 0.4) is 0 Å². The average molecular weight is 372 g/mol. The number of thiophene rings is 1. The van der Waals surface area contributed by atoms with Crippen molar-refractivity contribution >= 4 is 23.1 Å². The molecular formula is C20H20O5S. The second-order valence-electron chi connectivity index (χ2n) is 6.47. The number of aryl methyl sites for hydroxylation is 1. The number of carbonyl (C=O) groups excluding carboxylic acids is 2. The molecular weight excluding hydrogens is 352 g/mol. The predicted octanol–water partition coefficient (Wildman–Crippen LogP) is 3.83. The Bertz CT molecular complexity index is 839. The van der Waals surface area contributed by atoms with E-state index in [0.29, 0.717) is 35.8 Å². The van der Waals surface area contributed by atoms with Gasteiger partial charge in [0.25, 0.3) is 0 Å². The first-order chi connectivity index (χ1) is 12.7. The monoisotopic (exact) mass is 372 g/mol. The normalized spacial score (nSPS) is 15.7. The van der Waals surface area contributed by atoms with Gasteiger partial charge in [-0.2, -0.15) is 0 Å². The standard InChI is InChI=1S/C20H20O5S/c21-16(13-6-7-17-18(10-13)24-9-3-8-23-17)11-25-20(22)15-12-26-19-5-2-1-4-14(15)19/h6-7,10,12H,1-5,8-9,11H2. The number of ketones is 1. The van der Waals surface area contributed by atoms with E-state index in [-0.39, 0.29) is 12.4 Å². The fourth-order valence-corrected chi connectivity index (χ4v) is 4.41. The van der Waals surface area contributed by atoms with Crippen molar-refractivity contribution in [1.29, 1.82) is 0 Å². The van der Waals surface area contributed by atoms with Crippen LogP contribution in [0.4, 0.5) is 0 Å². The molecule has 2 aromatic rings. The lowest BCUT2D eigenvalue weighted by Gasteiger charge is -2.12. The van der Waals surface area contributed by atoms with E-state index in [2.05, 4.69) is 0 Å². The molecule has 0 atom stereocenters. The first-order valence-electron chi connectivity index (χ1n) is 8.91. The Morgan fingerprint density at radius 2 is 1.85 bits per heavy atom. The maximum atomic E-state index is 12.4. The fourth-order valence-electron chi connectivity index (χ4n) is 3.29. The average Bonchev–Trinajstić information content (AvgIpc) is 2.96. The Labute approximate surface area is 155 Å². The molecule has 0 spiro atoms. The third-order valence-electron chi connectivity index (χ3n) is 4.69. The molecule has 0 radical (unpaired) electrons. The van der Waals surface area contributed by atoms with E-state index in [9.17, 15) is 9.59 Å². The van der Waals surface area contributed by atoms with Gasteiger partial charge in [-0.25, -0.2) is 4.79 Å². The van der Waals surface area contributed by atoms with Crippen molar-refractivity contribution in [3.63, 3.8) is 0 Å². The summed E-state index contributed by atoms with van der Waals surface area (Å²) in [5.74, 6) is 0.540. The molecule has 0 bridgehead atoms. The van der Waals surface area contributed by atoms with Crippen molar-refractivity contribution < 1.29 is 23.8 Å². The lowest BCUT2D eigenvalue weighted by molar-refractivity contribution is 0.0474. The van der Waals surface area contributed by atoms with Crippen molar-refractivity contribution in [2.75, 3.05) is 19.8 Å². The number of benzene rings is 1. The SMILES string of the molecule is O=C(COC(=O)c1csc2c1CCCC2)c1ccc2c(c1)OCCCO2. The van der Waals surface area contributed by atoms with Gasteiger partial charge in [0.2, 0.25) is 0 Å². The van der Waals surface area contributed by atoms with Crippen molar-refractivity contribution in [3.05, 3.63) is 45.1 Å². The quantitative estimate of drug-likeness (QED) is 0.603. The summed E-state index contributed by atoms with van der Waals surface area (Å²) in [6, 6.07) is 5.06. The van der Waals surface area contributed by atoms with Crippen LogP contribution in [0.25, 0.3) is 0 Å². The third kappa shape index (κ3) is 3.46. The molecule has 136 valence electrons. The van der Waals surface area contributed by atoms with Gasteiger partial charge in [0, 0.05) is 22.2 Å². The molecule has 4 rings (SSSR count). The zero-order valence-electron chi connectivity index (χ0n) is 14.4. The Morgan fingerprint density at radius 3 is 2.73 bits per heavy atom. The summed E-state index contributed by atoms with van der Waals surface area (Å²) in [6.07, 6.45) is 5.02. The summed E-state index contributed by atoms with van der Waals surface area (Å²) < 4.78 is 16.4. The van der Waals surface area contributed by atoms with Crippen molar-refractivity contribution in [2.24, 2.45) is 0 Å². The zero-order chi connectivity index (χ0) is 17.9. The summed E-state index contributed by atoms with van der Waals surface area (Å²) in [6.45, 7) is 0.884. The molecule has 26 heavy (non-hydrogen) atoms. The van der Waals surface area contributed by atoms with Gasteiger partial charge in [0.15, 0.2) is 23.9 Å². The minimum atomic E-state index is -0.410. The van der Waals surface area contributed by atoms with Gasteiger partial charge in [-0.3, -0.25) is 4.79 Å². The van der Waals surface area contributed by atoms with Crippen LogP contribution in [-0.2, 0) is 17.6 Å². The van der Waals surface area contributed by atoms with Gasteiger partial charge in [0.1, 0.15) is 0 Å². The van der Waals surface area contributed by atoms with Crippen LogP contribution in [0.15, 0.2) is 23.6 Å². The van der Waals surface area contributed by atoms with E-state index in [1.165, 1.54) is 11.3 Å². The minimum Gasteiger partial charge on any atom is -0.490 e. The van der Waals surface area contributed by atoms with E-state index in [1.54, 1.807) is 29.5 Å². The number of Topliss-reactive ketones (excluding diaryl/α,β-unsaturated/α-hetero) is 1. The minimum absolute atomic E-state index is 0.252. The van der Waals surface area contributed by atoms with Gasteiger partial charge in [0.05, 0.1) is 18.8 Å². The summed E-state index contributed by atoms with van der Waals surface area (Å²) in [5, 5.41) is 1.86. The maximum absolute atomic E-state index is 12.4. The molecule has 1 aromatic carbocycles. The molecule has 1 aliphatic carbocycles. The molecule has 0 amide bonds. The molecule has 0 saturated carbocycles.